The van der Waals surface area contributed by atoms with E-state index >= 15 is 0 Å². The Morgan fingerprint density at radius 3 is 1.10 bits per heavy atom. The Morgan fingerprint density at radius 2 is 0.790 bits per heavy atom. The number of hydrogen-bond acceptors (Lipinski definition) is 23. The molecule has 6 spiro atoms. The lowest BCUT2D eigenvalue weighted by molar-refractivity contribution is -0.139. The first-order valence-electron chi connectivity index (χ1n) is 32.8. The van der Waals surface area contributed by atoms with Gasteiger partial charge in [-0.25, -0.2) is 15.0 Å². The Bertz CT molecular complexity index is 4060. The monoisotopic (exact) mass is 1440 g/mol. The molecule has 9 aliphatic heterocycles. The maximum atomic E-state index is 13.5. The summed E-state index contributed by atoms with van der Waals surface area (Å²) in [6.45, 7) is 3.43. The number of carbonyl (C=O) groups excluding carboxylic acids is 3. The molecular formula is C72H83BBrN9O17. The molecule has 528 valence electrons. The van der Waals surface area contributed by atoms with Crippen molar-refractivity contribution in [1.29, 1.82) is 0 Å². The standard InChI is InChI=1S/2C24H27N3O5.C16H18BrN3O3.C8H11BO4/c2*1-27-21(28)24(26-22(27)25)13-23(9-4-10-31-14-23)32-20-7-5-15(11-18(20)24)17-12-16(29-2)6-8-19(17)30-3;1-20-13(21)16(19-14(20)18)8-15(5-2-6-22-9-15)23-12-4-3-10(17)7-11(12)16;1-12-6-3-4-8(13-2)7(5-6)9(10)11/h2*5-8,11-12H,4,9-10,13-14H2,1-3H3,(H2,25,26);3-4,7H,2,5-6,8-9H2,1H3,(H2,18,19);3-5,10-11H,1-2H3/t23-,24+;23-,24-;;/m10../s1. The molecule has 0 saturated carbocycles. The summed E-state index contributed by atoms with van der Waals surface area (Å²) in [7, 11) is 12.9. The number of amides is 3. The van der Waals surface area contributed by atoms with E-state index in [9.17, 15) is 14.4 Å². The van der Waals surface area contributed by atoms with Gasteiger partial charge in [-0.2, -0.15) is 0 Å². The summed E-state index contributed by atoms with van der Waals surface area (Å²) in [5.74, 6) is 6.00. The van der Waals surface area contributed by atoms with Gasteiger partial charge in [-0.1, -0.05) is 28.1 Å². The molecule has 3 amide bonds. The van der Waals surface area contributed by atoms with Crippen molar-refractivity contribution in [3.63, 3.8) is 0 Å². The molecule has 9 heterocycles. The number of guanidine groups is 3. The fourth-order valence-electron chi connectivity index (χ4n) is 14.9. The molecular weight excluding hydrogens is 1350 g/mol. The van der Waals surface area contributed by atoms with Crippen molar-refractivity contribution in [2.45, 2.75) is 91.2 Å². The first kappa shape index (κ1) is 70.5. The van der Waals surface area contributed by atoms with Crippen LogP contribution in [0.3, 0.4) is 0 Å². The van der Waals surface area contributed by atoms with Crippen molar-refractivity contribution >= 4 is 64.1 Å². The number of ether oxygens (including phenoxy) is 12. The summed E-state index contributed by atoms with van der Waals surface area (Å²) >= 11 is 3.47. The molecule has 3 saturated heterocycles. The lowest BCUT2D eigenvalue weighted by Crippen LogP contribution is -2.55. The number of hydrogen-bond donors (Lipinski definition) is 5. The van der Waals surface area contributed by atoms with E-state index in [1.807, 2.05) is 91.0 Å². The van der Waals surface area contributed by atoms with Gasteiger partial charge in [-0.05, 0) is 147 Å². The Labute approximate surface area is 588 Å². The first-order chi connectivity index (χ1) is 48.0. The van der Waals surface area contributed by atoms with Gasteiger partial charge in [0, 0.05) is 98.0 Å². The minimum atomic E-state index is -1.55. The molecule has 6 aromatic carbocycles. The highest BCUT2D eigenvalue weighted by molar-refractivity contribution is 9.10. The predicted molar refractivity (Wildman–Crippen MR) is 376 cm³/mol. The Morgan fingerprint density at radius 1 is 0.450 bits per heavy atom. The minimum Gasteiger partial charge on any atom is -0.497 e. The van der Waals surface area contributed by atoms with E-state index in [1.54, 1.807) is 61.7 Å². The molecule has 0 aliphatic carbocycles. The molecule has 6 aromatic rings. The number of likely N-dealkylation sites (N-methyl/N-ethyl adjacent to an activating group) is 3. The average Bonchev–Trinajstić information content (AvgIpc) is 1.46. The van der Waals surface area contributed by atoms with Crippen molar-refractivity contribution < 1.29 is 81.3 Å². The Balaban J connectivity index is 0.000000132. The average molecular weight is 1440 g/mol. The molecule has 8 N–H and O–H groups in total. The number of rotatable bonds is 9. The second kappa shape index (κ2) is 28.0. The molecule has 9 aliphatic rings. The van der Waals surface area contributed by atoms with Gasteiger partial charge in [0.05, 0.1) is 62.5 Å². The third kappa shape index (κ3) is 12.8. The molecule has 0 radical (unpaired) electrons. The highest BCUT2D eigenvalue weighted by Gasteiger charge is 2.62. The van der Waals surface area contributed by atoms with Crippen LogP contribution in [0.1, 0.15) is 74.5 Å². The number of carbonyl (C=O) groups is 3. The zero-order chi connectivity index (χ0) is 71.1. The summed E-state index contributed by atoms with van der Waals surface area (Å²) < 4.78 is 69.2. The Hall–Kier alpha value is -9.32. The number of nitrogens with two attached hydrogens (primary N) is 3. The van der Waals surface area contributed by atoms with Gasteiger partial charge in [-0.3, -0.25) is 29.1 Å². The lowest BCUT2D eigenvalue weighted by atomic mass is 9.74. The van der Waals surface area contributed by atoms with Gasteiger partial charge in [0.1, 0.15) is 68.5 Å². The SMILES string of the molecule is CN1C(=O)C2(CC3(CCCOC3)Oc3ccc(Br)cc32)N=C1N.COc1ccc(OC)c(-c2ccc3c(c2)[C@]2(C[C@@]4(CCCOC4)O3)N=C(N)N(C)C2=O)c1.COc1ccc(OC)c(-c2ccc3c(c2)[C@]2(C[C@]4(CCCOC4)O3)N=C(N)N(C)C2=O)c1.COc1ccc(OC)c(B(O)O)c1. The van der Waals surface area contributed by atoms with Crippen molar-refractivity contribution in [2.75, 3.05) is 103 Å². The number of methoxy groups -OCH3 is 6. The number of benzene rings is 6. The summed E-state index contributed by atoms with van der Waals surface area (Å²) in [4.78, 5) is 58.4. The van der Waals surface area contributed by atoms with Crippen LogP contribution in [0, 0.1) is 0 Å². The van der Waals surface area contributed by atoms with Gasteiger partial charge in [0.25, 0.3) is 17.7 Å². The van der Waals surface area contributed by atoms with Crippen LogP contribution in [0.2, 0.25) is 0 Å². The number of nitrogens with zero attached hydrogens (tertiary/aromatic N) is 6. The normalized spacial score (nSPS) is 25.9. The van der Waals surface area contributed by atoms with E-state index in [4.69, 9.17) is 94.1 Å². The minimum absolute atomic E-state index is 0.109. The fourth-order valence-corrected chi connectivity index (χ4v) is 15.2. The molecule has 2 unspecified atom stereocenters. The molecule has 26 nitrogen and oxygen atoms in total. The highest BCUT2D eigenvalue weighted by atomic mass is 79.9. The van der Waals surface area contributed by atoms with E-state index in [-0.39, 0.29) is 35.6 Å². The van der Waals surface area contributed by atoms with E-state index in [0.717, 1.165) is 77.4 Å². The molecule has 100 heavy (non-hydrogen) atoms. The van der Waals surface area contributed by atoms with Gasteiger partial charge in [0.2, 0.25) is 0 Å². The largest absolute Gasteiger partial charge is 0.497 e. The van der Waals surface area contributed by atoms with Crippen molar-refractivity contribution in [3.05, 3.63) is 130 Å². The highest BCUT2D eigenvalue weighted by Crippen LogP contribution is 2.56. The smallest absolute Gasteiger partial charge is 0.492 e. The van der Waals surface area contributed by atoms with Crippen LogP contribution in [0.25, 0.3) is 22.3 Å². The molecule has 6 atom stereocenters. The van der Waals surface area contributed by atoms with E-state index < -0.39 is 40.5 Å². The summed E-state index contributed by atoms with van der Waals surface area (Å²) in [5, 5.41) is 18.0. The van der Waals surface area contributed by atoms with E-state index in [2.05, 4.69) is 20.9 Å². The van der Waals surface area contributed by atoms with Gasteiger partial charge in [0.15, 0.2) is 34.5 Å². The van der Waals surface area contributed by atoms with Crippen molar-refractivity contribution in [2.24, 2.45) is 32.2 Å². The zero-order valence-corrected chi connectivity index (χ0v) is 59.0. The van der Waals surface area contributed by atoms with Crippen molar-refractivity contribution in [1.82, 2.24) is 14.7 Å². The van der Waals surface area contributed by atoms with Crippen LogP contribution in [-0.4, -0.2) is 188 Å². The van der Waals surface area contributed by atoms with Crippen molar-refractivity contribution in [3.8, 4) is 74.0 Å². The van der Waals surface area contributed by atoms with Gasteiger partial charge < -0.3 is 84.1 Å². The molecule has 0 bridgehead atoms. The summed E-state index contributed by atoms with van der Waals surface area (Å²) in [6.07, 6.45) is 6.31. The van der Waals surface area contributed by atoms with Gasteiger partial charge in [-0.15, -0.1) is 0 Å². The quantitative estimate of drug-likeness (QED) is 0.0962. The topological polar surface area (TPSA) is 327 Å². The summed E-state index contributed by atoms with van der Waals surface area (Å²) in [6, 6.07) is 33.4. The predicted octanol–water partition coefficient (Wildman–Crippen LogP) is 6.52. The number of aliphatic imine (C=N–C) groups is 3. The Kier molecular flexibility index (Phi) is 19.8. The van der Waals surface area contributed by atoms with Crippen LogP contribution >= 0.6 is 15.9 Å². The number of fused-ring (bicyclic) bond motifs is 6. The molecule has 3 fully saturated rings. The second-order valence-corrected chi connectivity index (χ2v) is 27.0. The third-order valence-corrected chi connectivity index (χ3v) is 20.4. The molecule has 15 rings (SSSR count). The fraction of sp³-hybridized carbons (Fsp3) is 0.417. The van der Waals surface area contributed by atoms with Crippen LogP contribution in [0.4, 0.5) is 0 Å². The lowest BCUT2D eigenvalue weighted by Gasteiger charge is -2.46. The maximum Gasteiger partial charge on any atom is 0.492 e. The maximum absolute atomic E-state index is 13.5. The zero-order valence-electron chi connectivity index (χ0n) is 57.4. The van der Waals surface area contributed by atoms with E-state index in [1.165, 1.54) is 35.0 Å². The van der Waals surface area contributed by atoms with Crippen LogP contribution in [0.15, 0.2) is 129 Å². The number of halogens is 1. The van der Waals surface area contributed by atoms with Crippen LogP contribution in [-0.2, 0) is 45.2 Å². The summed E-state index contributed by atoms with van der Waals surface area (Å²) in [5.41, 5.74) is 19.1. The van der Waals surface area contributed by atoms with E-state index in [0.29, 0.717) is 121 Å². The first-order valence-corrected chi connectivity index (χ1v) is 33.6. The second-order valence-electron chi connectivity index (χ2n) is 26.1. The van der Waals surface area contributed by atoms with Crippen LogP contribution < -0.4 is 65.3 Å². The van der Waals surface area contributed by atoms with Gasteiger partial charge >= 0.3 is 7.12 Å². The molecule has 0 aromatic heterocycles. The third-order valence-electron chi connectivity index (χ3n) is 19.9. The molecule has 28 heteroatoms. The van der Waals surface area contributed by atoms with Crippen LogP contribution in [0.5, 0.6) is 51.7 Å².